The van der Waals surface area contributed by atoms with Gasteiger partial charge >= 0.3 is 0 Å². The number of hydrogen-bond acceptors (Lipinski definition) is 6. The van der Waals surface area contributed by atoms with Crippen LogP contribution in [0.4, 0.5) is 0 Å². The highest BCUT2D eigenvalue weighted by Gasteiger charge is 2.47. The van der Waals surface area contributed by atoms with Crippen LogP contribution in [-0.4, -0.2) is 70.3 Å². The lowest BCUT2D eigenvalue weighted by molar-refractivity contribution is -0.0344. The van der Waals surface area contributed by atoms with E-state index in [0.29, 0.717) is 39.6 Å². The Kier molecular flexibility index (Phi) is 88.8. The van der Waals surface area contributed by atoms with Crippen molar-refractivity contribution in [3.8, 4) is 0 Å². The van der Waals surface area contributed by atoms with Crippen LogP contribution in [0.5, 0.6) is 0 Å². The predicted molar refractivity (Wildman–Crippen MR) is 520 cm³/mol. The topological polar surface area (TPSA) is 121 Å². The lowest BCUT2D eigenvalue weighted by Crippen LogP contribution is -2.45. The first-order chi connectivity index (χ1) is 57.7. The number of aliphatic hydroxyl groups is 6. The smallest absolute Gasteiger partial charge is 0.0431 e. The van der Waals surface area contributed by atoms with Crippen LogP contribution in [0, 0.1) is 76.9 Å². The highest BCUT2D eigenvalue weighted by atomic mass is 16.3. The molecule has 0 radical (unpaired) electrons. The molecule has 0 aromatic carbocycles. The second-order valence-electron chi connectivity index (χ2n) is 40.6. The molecule has 6 nitrogen and oxygen atoms in total. The van der Waals surface area contributed by atoms with Crippen LogP contribution in [0.2, 0.25) is 0 Å². The summed E-state index contributed by atoms with van der Waals surface area (Å²) in [5.74, 6) is 12.8. The van der Waals surface area contributed by atoms with Crippen LogP contribution >= 0.6 is 0 Å². The maximum Gasteiger partial charge on any atom is 0.0431 e. The average Bonchev–Trinajstić information content (AvgIpc) is 0.773. The van der Waals surface area contributed by atoms with Gasteiger partial charge < -0.3 is 30.6 Å². The molecule has 702 valence electrons. The lowest BCUT2D eigenvalue weighted by Gasteiger charge is -2.53. The van der Waals surface area contributed by atoms with E-state index >= 15 is 0 Å². The molecule has 0 spiro atoms. The van der Waals surface area contributed by atoms with Crippen molar-refractivity contribution >= 4 is 0 Å². The molecule has 3 aliphatic rings. The first kappa shape index (κ1) is 115. The summed E-state index contributed by atoms with van der Waals surface area (Å²) in [5.41, 5.74) is 0. The fraction of sp³-hybridized carbons (Fsp3) is 1.00. The second-order valence-corrected chi connectivity index (χ2v) is 40.6. The van der Waals surface area contributed by atoms with E-state index in [9.17, 15) is 0 Å². The van der Waals surface area contributed by atoms with E-state index < -0.39 is 0 Å². The zero-order chi connectivity index (χ0) is 84.9. The van der Waals surface area contributed by atoms with Crippen LogP contribution < -0.4 is 0 Å². The summed E-state index contributed by atoms with van der Waals surface area (Å²) in [6, 6.07) is 0. The van der Waals surface area contributed by atoms with Gasteiger partial charge in [0.1, 0.15) is 0 Å². The molecule has 3 rings (SSSR count). The molecule has 0 aromatic heterocycles. The van der Waals surface area contributed by atoms with Crippen LogP contribution in [0.15, 0.2) is 0 Å². The molecular weight excluding hydrogens is 1430 g/mol. The van der Waals surface area contributed by atoms with E-state index in [2.05, 4.69) is 48.5 Å². The molecule has 13 atom stereocenters. The van der Waals surface area contributed by atoms with Crippen molar-refractivity contribution in [3.05, 3.63) is 0 Å². The van der Waals surface area contributed by atoms with Gasteiger partial charge in [0.25, 0.3) is 0 Å². The molecule has 0 heterocycles. The van der Waals surface area contributed by atoms with Crippen molar-refractivity contribution in [2.24, 2.45) is 76.9 Å². The summed E-state index contributed by atoms with van der Waals surface area (Å²) in [5, 5.41) is 54.4. The zero-order valence-corrected chi connectivity index (χ0v) is 81.5. The summed E-state index contributed by atoms with van der Waals surface area (Å²) in [6.07, 6.45) is 118. The molecule has 3 fully saturated rings. The zero-order valence-electron chi connectivity index (χ0n) is 81.5. The molecule has 6 N–H and O–H groups in total. The molecule has 3 saturated carbocycles. The first-order valence-electron chi connectivity index (χ1n) is 55.4. The second kappa shape index (κ2) is 90.5. The SMILES string of the molecule is CCCCCCC1CC2CC(C)C(CCCCCCCCO)C(CCCCCCCCO)C2CC1CCCCCC.CCCCCCCCC1C(CCCCCC)CCC(CCCCCCCCO)C1CCCCCCCCO.CCCCCCCCCC(CCCCCCCCO)C(CCCCCCCCC)CCCCCCCCO. The molecule has 0 amide bonds. The third-order valence-electron chi connectivity index (χ3n) is 30.6. The molecule has 6 heteroatoms. The van der Waals surface area contributed by atoms with Crippen molar-refractivity contribution in [2.45, 2.75) is 594 Å². The maximum absolute atomic E-state index is 9.13. The Balaban J connectivity index is 0.000000879. The lowest BCUT2D eigenvalue weighted by atomic mass is 9.52. The van der Waals surface area contributed by atoms with E-state index in [-0.39, 0.29) is 0 Å². The fourth-order valence-corrected chi connectivity index (χ4v) is 23.4. The van der Waals surface area contributed by atoms with Crippen molar-refractivity contribution in [3.63, 3.8) is 0 Å². The van der Waals surface area contributed by atoms with Crippen LogP contribution in [0.3, 0.4) is 0 Å². The van der Waals surface area contributed by atoms with Gasteiger partial charge in [0.05, 0.1) is 0 Å². The summed E-state index contributed by atoms with van der Waals surface area (Å²) < 4.78 is 0. The fourth-order valence-electron chi connectivity index (χ4n) is 23.4. The van der Waals surface area contributed by atoms with E-state index in [1.54, 1.807) is 12.8 Å². The number of aliphatic hydroxyl groups excluding tert-OH is 6. The molecule has 13 unspecified atom stereocenters. The van der Waals surface area contributed by atoms with Crippen molar-refractivity contribution < 1.29 is 30.6 Å². The Labute approximate surface area is 737 Å². The van der Waals surface area contributed by atoms with Crippen molar-refractivity contribution in [2.75, 3.05) is 39.6 Å². The number of hydrogen-bond donors (Lipinski definition) is 6. The minimum atomic E-state index is 0.363. The maximum atomic E-state index is 9.13. The van der Waals surface area contributed by atoms with Crippen molar-refractivity contribution in [1.82, 2.24) is 0 Å². The Morgan fingerprint density at radius 2 is 0.385 bits per heavy atom. The largest absolute Gasteiger partial charge is 0.396 e. The summed E-state index contributed by atoms with van der Waals surface area (Å²) >= 11 is 0. The molecular formula is C111H222O6. The van der Waals surface area contributed by atoms with Gasteiger partial charge in [-0.3, -0.25) is 0 Å². The van der Waals surface area contributed by atoms with Gasteiger partial charge in [-0.1, -0.05) is 498 Å². The van der Waals surface area contributed by atoms with Gasteiger partial charge in [-0.25, -0.2) is 0 Å². The van der Waals surface area contributed by atoms with Crippen LogP contribution in [-0.2, 0) is 0 Å². The Morgan fingerprint density at radius 3 is 0.650 bits per heavy atom. The molecule has 0 aromatic rings. The molecule has 0 bridgehead atoms. The van der Waals surface area contributed by atoms with Gasteiger partial charge in [-0.15, -0.1) is 0 Å². The highest BCUT2D eigenvalue weighted by Crippen LogP contribution is 2.56. The average molecular weight is 1650 g/mol. The van der Waals surface area contributed by atoms with E-state index in [1.807, 2.05) is 0 Å². The predicted octanol–water partition coefficient (Wildman–Crippen LogP) is 35.3. The summed E-state index contributed by atoms with van der Waals surface area (Å²) in [7, 11) is 0. The van der Waals surface area contributed by atoms with E-state index in [1.165, 1.54) is 494 Å². The molecule has 117 heavy (non-hydrogen) atoms. The first-order valence-corrected chi connectivity index (χ1v) is 55.4. The van der Waals surface area contributed by atoms with Crippen LogP contribution in [0.1, 0.15) is 594 Å². The quantitative estimate of drug-likeness (QED) is 0.0338. The van der Waals surface area contributed by atoms with Gasteiger partial charge in [-0.05, 0) is 173 Å². The van der Waals surface area contributed by atoms with Gasteiger partial charge in [-0.2, -0.15) is 0 Å². The summed E-state index contributed by atoms with van der Waals surface area (Å²) in [4.78, 5) is 0. The molecule has 3 aliphatic carbocycles. The Hall–Kier alpha value is -0.240. The number of fused-ring (bicyclic) bond motifs is 1. The molecule has 0 aliphatic heterocycles. The van der Waals surface area contributed by atoms with Crippen LogP contribution in [0.25, 0.3) is 0 Å². The van der Waals surface area contributed by atoms with Gasteiger partial charge in [0, 0.05) is 39.6 Å². The minimum absolute atomic E-state index is 0.363. The summed E-state index contributed by atoms with van der Waals surface area (Å²) in [6.45, 7) is 18.9. The normalized spacial score (nSPS) is 21.3. The monoisotopic (exact) mass is 1650 g/mol. The van der Waals surface area contributed by atoms with Crippen molar-refractivity contribution in [1.29, 1.82) is 0 Å². The van der Waals surface area contributed by atoms with E-state index in [4.69, 9.17) is 30.6 Å². The Bertz CT molecular complexity index is 1750. The molecule has 0 saturated heterocycles. The standard InChI is InChI=1S/C39H76O2.C36H72O2.C36H74O2/c1-4-6-8-18-24-34-31-36-30-33(3)37(26-20-14-10-12-16-22-28-40)38(27-21-15-11-13-17-23-29-41)39(36)32-35(34)25-19-9-7-5-2;1-3-5-7-9-15-21-27-35-33(25-19-8-6-4-2)29-30-34(26-20-14-10-12-17-23-31-37)36(35)28-22-16-11-13-18-24-32-38;1-3-5-7-9-11-17-23-29-35(31-25-19-13-15-21-27-33-37)36(30-24-18-12-10-8-6-4-2)32-26-20-14-16-22-28-34-38/h33-41H,4-32H2,1-3H3;33-38H,3-32H2,1-2H3;35-38H,3-34H2,1-2H3. The highest BCUT2D eigenvalue weighted by molar-refractivity contribution is 4.97. The van der Waals surface area contributed by atoms with Gasteiger partial charge in [0.2, 0.25) is 0 Å². The third-order valence-corrected chi connectivity index (χ3v) is 30.6. The van der Waals surface area contributed by atoms with Gasteiger partial charge in [0.15, 0.2) is 0 Å². The number of unbranched alkanes of at least 4 members (excludes halogenated alkanes) is 56. The third kappa shape index (κ3) is 65.9. The minimum Gasteiger partial charge on any atom is -0.396 e. The van der Waals surface area contributed by atoms with E-state index in [0.717, 1.165) is 115 Å². The number of rotatable bonds is 87. The Morgan fingerprint density at radius 1 is 0.188 bits per heavy atom.